The molecule has 30 heavy (non-hydrogen) atoms. The molecular weight excluding hydrogens is 412 g/mol. The lowest BCUT2D eigenvalue weighted by Gasteiger charge is -2.09. The molecular formula is C23H26N4OS2. The van der Waals surface area contributed by atoms with Gasteiger partial charge < -0.3 is 9.88 Å². The topological polar surface area (TPSA) is 59.8 Å². The van der Waals surface area contributed by atoms with Gasteiger partial charge >= 0.3 is 0 Å². The van der Waals surface area contributed by atoms with Gasteiger partial charge in [-0.05, 0) is 56.2 Å². The van der Waals surface area contributed by atoms with Gasteiger partial charge in [0.25, 0.3) is 0 Å². The van der Waals surface area contributed by atoms with Crippen molar-refractivity contribution in [3.63, 3.8) is 0 Å². The number of aromatic nitrogens is 3. The maximum absolute atomic E-state index is 12.4. The Morgan fingerprint density at radius 2 is 1.83 bits per heavy atom. The Labute approximate surface area is 186 Å². The summed E-state index contributed by atoms with van der Waals surface area (Å²) < 4.78 is 2.02. The second-order valence-corrected chi connectivity index (χ2v) is 9.03. The molecule has 0 aliphatic heterocycles. The monoisotopic (exact) mass is 438 g/mol. The predicted octanol–water partition coefficient (Wildman–Crippen LogP) is 5.41. The number of anilines is 1. The summed E-state index contributed by atoms with van der Waals surface area (Å²) in [4.78, 5) is 13.6. The Morgan fingerprint density at radius 3 is 2.53 bits per heavy atom. The van der Waals surface area contributed by atoms with Crippen molar-refractivity contribution in [2.75, 3.05) is 11.1 Å². The summed E-state index contributed by atoms with van der Waals surface area (Å²) in [5.41, 5.74) is 4.41. The fraction of sp³-hybridized carbons (Fsp3) is 0.261. The fourth-order valence-electron chi connectivity index (χ4n) is 2.77. The minimum Gasteiger partial charge on any atom is -0.325 e. The van der Waals surface area contributed by atoms with E-state index in [2.05, 4.69) is 60.2 Å². The SMILES string of the molecule is C=CCn1c(CSc2ccc(C)cc2)nnc1SCC(=O)Nc1ccc(C)c(C)c1. The van der Waals surface area contributed by atoms with Gasteiger partial charge in [-0.2, -0.15) is 0 Å². The van der Waals surface area contributed by atoms with E-state index in [4.69, 9.17) is 0 Å². The first-order valence-electron chi connectivity index (χ1n) is 9.68. The molecule has 1 amide bonds. The van der Waals surface area contributed by atoms with Crippen LogP contribution in [0.25, 0.3) is 0 Å². The molecule has 7 heteroatoms. The van der Waals surface area contributed by atoms with Crippen molar-refractivity contribution < 1.29 is 4.79 Å². The van der Waals surface area contributed by atoms with Gasteiger partial charge in [-0.25, -0.2) is 0 Å². The first-order valence-corrected chi connectivity index (χ1v) is 11.7. The normalized spacial score (nSPS) is 10.8. The summed E-state index contributed by atoms with van der Waals surface area (Å²) in [5.74, 6) is 1.79. The number of nitrogens with zero attached hydrogens (tertiary/aromatic N) is 3. The molecule has 1 N–H and O–H groups in total. The lowest BCUT2D eigenvalue weighted by molar-refractivity contribution is -0.113. The van der Waals surface area contributed by atoms with Crippen molar-refractivity contribution in [3.8, 4) is 0 Å². The van der Waals surface area contributed by atoms with Crippen LogP contribution in [0.1, 0.15) is 22.5 Å². The second-order valence-electron chi connectivity index (χ2n) is 7.04. The first kappa shape index (κ1) is 22.2. The van der Waals surface area contributed by atoms with Crippen LogP contribution in [0.3, 0.4) is 0 Å². The third-order valence-electron chi connectivity index (χ3n) is 4.62. The van der Waals surface area contributed by atoms with Crippen molar-refractivity contribution in [3.05, 3.63) is 77.6 Å². The maximum Gasteiger partial charge on any atom is 0.234 e. The molecule has 156 valence electrons. The van der Waals surface area contributed by atoms with Gasteiger partial charge in [-0.15, -0.1) is 28.5 Å². The molecule has 5 nitrogen and oxygen atoms in total. The van der Waals surface area contributed by atoms with Crippen LogP contribution in [0.2, 0.25) is 0 Å². The van der Waals surface area contributed by atoms with E-state index in [9.17, 15) is 4.79 Å². The molecule has 1 heterocycles. The average Bonchev–Trinajstić information content (AvgIpc) is 3.11. The van der Waals surface area contributed by atoms with E-state index >= 15 is 0 Å². The molecule has 0 bridgehead atoms. The van der Waals surface area contributed by atoms with Gasteiger partial charge in [0.15, 0.2) is 5.16 Å². The molecule has 0 fully saturated rings. The number of nitrogens with one attached hydrogen (secondary N) is 1. The lowest BCUT2D eigenvalue weighted by atomic mass is 10.1. The van der Waals surface area contributed by atoms with Crippen molar-refractivity contribution in [2.24, 2.45) is 0 Å². The molecule has 0 unspecified atom stereocenters. The largest absolute Gasteiger partial charge is 0.325 e. The average molecular weight is 439 g/mol. The summed E-state index contributed by atoms with van der Waals surface area (Å²) in [5, 5.41) is 12.3. The predicted molar refractivity (Wildman–Crippen MR) is 126 cm³/mol. The second kappa shape index (κ2) is 10.5. The summed E-state index contributed by atoms with van der Waals surface area (Å²) in [6.07, 6.45) is 1.82. The Balaban J connectivity index is 1.60. The molecule has 0 saturated carbocycles. The number of thioether (sulfide) groups is 2. The molecule has 3 rings (SSSR count). The molecule has 0 spiro atoms. The van der Waals surface area contributed by atoms with Gasteiger partial charge in [0, 0.05) is 17.1 Å². The van der Waals surface area contributed by atoms with Crippen LogP contribution in [0, 0.1) is 20.8 Å². The summed E-state index contributed by atoms with van der Waals surface area (Å²) in [6.45, 7) is 10.6. The molecule has 0 saturated heterocycles. The van der Waals surface area contributed by atoms with E-state index in [1.165, 1.54) is 27.8 Å². The zero-order valence-electron chi connectivity index (χ0n) is 17.5. The Morgan fingerprint density at radius 1 is 1.07 bits per heavy atom. The van der Waals surface area contributed by atoms with Crippen LogP contribution in [0.15, 0.2) is 65.2 Å². The highest BCUT2D eigenvalue weighted by molar-refractivity contribution is 7.99. The van der Waals surface area contributed by atoms with Crippen molar-refractivity contribution in [1.29, 1.82) is 0 Å². The zero-order valence-corrected chi connectivity index (χ0v) is 19.1. The summed E-state index contributed by atoms with van der Waals surface area (Å²) >= 11 is 3.10. The Bertz CT molecular complexity index is 1030. The summed E-state index contributed by atoms with van der Waals surface area (Å²) in [7, 11) is 0. The number of rotatable bonds is 9. The van der Waals surface area contributed by atoms with Gasteiger partial charge in [-0.3, -0.25) is 4.79 Å². The van der Waals surface area contributed by atoms with E-state index in [1.54, 1.807) is 11.8 Å². The van der Waals surface area contributed by atoms with E-state index in [0.29, 0.717) is 12.3 Å². The minimum atomic E-state index is -0.0630. The number of amides is 1. The molecule has 1 aromatic heterocycles. The fourth-order valence-corrected chi connectivity index (χ4v) is 4.38. The highest BCUT2D eigenvalue weighted by Gasteiger charge is 2.14. The van der Waals surface area contributed by atoms with Crippen LogP contribution >= 0.6 is 23.5 Å². The van der Waals surface area contributed by atoms with Crippen LogP contribution in [-0.2, 0) is 17.1 Å². The van der Waals surface area contributed by atoms with E-state index in [1.807, 2.05) is 35.8 Å². The van der Waals surface area contributed by atoms with Crippen LogP contribution in [-0.4, -0.2) is 26.4 Å². The third-order valence-corrected chi connectivity index (χ3v) is 6.59. The lowest BCUT2D eigenvalue weighted by Crippen LogP contribution is -2.15. The number of carbonyl (C=O) groups excluding carboxylic acids is 1. The zero-order chi connectivity index (χ0) is 21.5. The number of aryl methyl sites for hydroxylation is 3. The van der Waals surface area contributed by atoms with E-state index in [-0.39, 0.29) is 11.7 Å². The minimum absolute atomic E-state index is 0.0630. The summed E-state index contributed by atoms with van der Waals surface area (Å²) in [6, 6.07) is 14.3. The molecule has 3 aromatic rings. The van der Waals surface area contributed by atoms with Gasteiger partial charge in [-0.1, -0.05) is 41.6 Å². The maximum atomic E-state index is 12.4. The van der Waals surface area contributed by atoms with Crippen molar-refractivity contribution >= 4 is 35.1 Å². The Kier molecular flexibility index (Phi) is 7.76. The highest BCUT2D eigenvalue weighted by Crippen LogP contribution is 2.25. The van der Waals surface area contributed by atoms with Crippen molar-refractivity contribution in [1.82, 2.24) is 14.8 Å². The molecule has 0 aliphatic rings. The highest BCUT2D eigenvalue weighted by atomic mass is 32.2. The quantitative estimate of drug-likeness (QED) is 0.357. The third kappa shape index (κ3) is 6.00. The number of carbonyl (C=O) groups is 1. The van der Waals surface area contributed by atoms with E-state index in [0.717, 1.165) is 22.2 Å². The van der Waals surface area contributed by atoms with Crippen LogP contribution in [0.4, 0.5) is 5.69 Å². The van der Waals surface area contributed by atoms with Gasteiger partial charge in [0.05, 0.1) is 11.5 Å². The number of allylic oxidation sites excluding steroid dienone is 1. The van der Waals surface area contributed by atoms with Crippen LogP contribution < -0.4 is 5.32 Å². The number of hydrogen-bond acceptors (Lipinski definition) is 5. The molecule has 0 radical (unpaired) electrons. The molecule has 0 atom stereocenters. The van der Waals surface area contributed by atoms with Crippen LogP contribution in [0.5, 0.6) is 0 Å². The molecule has 0 aliphatic carbocycles. The standard InChI is InChI=1S/C23H26N4OS2/c1-5-12-27-21(14-29-20-10-6-16(2)7-11-20)25-26-23(27)30-15-22(28)24-19-9-8-17(3)18(4)13-19/h5-11,13H,1,12,14-15H2,2-4H3,(H,24,28). The Hall–Kier alpha value is -2.51. The number of benzene rings is 2. The first-order chi connectivity index (χ1) is 14.5. The van der Waals surface area contributed by atoms with Gasteiger partial charge in [0.1, 0.15) is 5.82 Å². The van der Waals surface area contributed by atoms with Gasteiger partial charge in [0.2, 0.25) is 5.91 Å². The smallest absolute Gasteiger partial charge is 0.234 e. The molecule has 2 aromatic carbocycles. The number of hydrogen-bond donors (Lipinski definition) is 1. The van der Waals surface area contributed by atoms with E-state index < -0.39 is 0 Å². The van der Waals surface area contributed by atoms with Crippen molar-refractivity contribution in [2.45, 2.75) is 43.1 Å².